The fourth-order valence-electron chi connectivity index (χ4n) is 2.04. The third-order valence-electron chi connectivity index (χ3n) is 3.34. The molecule has 6 nitrogen and oxygen atoms in total. The van der Waals surface area contributed by atoms with E-state index in [-0.39, 0.29) is 5.69 Å². The maximum absolute atomic E-state index is 10.7. The average molecular weight is 328 g/mol. The van der Waals surface area contributed by atoms with Crippen LogP contribution in [-0.2, 0) is 4.84 Å². The van der Waals surface area contributed by atoms with Gasteiger partial charge in [0.1, 0.15) is 12.4 Å². The van der Waals surface area contributed by atoms with Gasteiger partial charge in [-0.3, -0.25) is 10.1 Å². The Morgan fingerprint density at radius 3 is 2.79 bits per heavy atom. The fourth-order valence-corrected chi connectivity index (χ4v) is 2.04. The largest absolute Gasteiger partial charge is 0.493 e. The SMILES string of the molecule is Cc1ccc(C)c(OCCCO/N=C/c2cccc([N+](=O)[O-])c2)c1. The summed E-state index contributed by atoms with van der Waals surface area (Å²) in [4.78, 5) is 15.4. The Kier molecular flexibility index (Phi) is 6.31. The molecule has 6 heteroatoms. The first-order valence-electron chi connectivity index (χ1n) is 7.66. The van der Waals surface area contributed by atoms with E-state index in [2.05, 4.69) is 5.16 Å². The van der Waals surface area contributed by atoms with Gasteiger partial charge in [0.25, 0.3) is 5.69 Å². The van der Waals surface area contributed by atoms with E-state index < -0.39 is 4.92 Å². The number of oxime groups is 1. The van der Waals surface area contributed by atoms with Crippen molar-refractivity contribution in [2.75, 3.05) is 13.2 Å². The Balaban J connectivity index is 1.70. The highest BCUT2D eigenvalue weighted by Crippen LogP contribution is 2.19. The van der Waals surface area contributed by atoms with Crippen molar-refractivity contribution in [3.8, 4) is 5.75 Å². The molecule has 0 fully saturated rings. The van der Waals surface area contributed by atoms with Crippen molar-refractivity contribution in [2.45, 2.75) is 20.3 Å². The predicted molar refractivity (Wildman–Crippen MR) is 92.7 cm³/mol. The zero-order valence-electron chi connectivity index (χ0n) is 13.8. The second-order valence-electron chi connectivity index (χ2n) is 5.39. The molecule has 0 heterocycles. The summed E-state index contributed by atoms with van der Waals surface area (Å²) in [7, 11) is 0. The van der Waals surface area contributed by atoms with E-state index >= 15 is 0 Å². The minimum atomic E-state index is -0.442. The molecule has 0 spiro atoms. The van der Waals surface area contributed by atoms with Crippen LogP contribution in [0.25, 0.3) is 0 Å². The van der Waals surface area contributed by atoms with Crippen molar-refractivity contribution in [2.24, 2.45) is 5.16 Å². The van der Waals surface area contributed by atoms with E-state index in [4.69, 9.17) is 9.57 Å². The van der Waals surface area contributed by atoms with Crippen molar-refractivity contribution in [1.29, 1.82) is 0 Å². The first-order valence-corrected chi connectivity index (χ1v) is 7.66. The number of aryl methyl sites for hydroxylation is 2. The summed E-state index contributed by atoms with van der Waals surface area (Å²) in [6.07, 6.45) is 2.15. The van der Waals surface area contributed by atoms with Crippen LogP contribution in [0.3, 0.4) is 0 Å². The van der Waals surface area contributed by atoms with Crippen LogP contribution in [0.2, 0.25) is 0 Å². The third kappa shape index (κ3) is 5.39. The van der Waals surface area contributed by atoms with Gasteiger partial charge >= 0.3 is 0 Å². The second-order valence-corrected chi connectivity index (χ2v) is 5.39. The van der Waals surface area contributed by atoms with Gasteiger partial charge in [-0.25, -0.2) is 0 Å². The molecule has 0 radical (unpaired) electrons. The minimum Gasteiger partial charge on any atom is -0.493 e. The first-order chi connectivity index (χ1) is 11.6. The maximum atomic E-state index is 10.7. The Morgan fingerprint density at radius 2 is 2.00 bits per heavy atom. The van der Waals surface area contributed by atoms with Crippen LogP contribution in [0.15, 0.2) is 47.6 Å². The Labute approximate surface area is 140 Å². The number of nitro benzene ring substituents is 1. The quantitative estimate of drug-likeness (QED) is 0.317. The second kappa shape index (κ2) is 8.67. The monoisotopic (exact) mass is 328 g/mol. The predicted octanol–water partition coefficient (Wildman–Crippen LogP) is 4.03. The summed E-state index contributed by atoms with van der Waals surface area (Å²) in [5.41, 5.74) is 2.91. The summed E-state index contributed by atoms with van der Waals surface area (Å²) < 4.78 is 5.72. The molecule has 2 rings (SSSR count). The van der Waals surface area contributed by atoms with Crippen molar-refractivity contribution in [3.63, 3.8) is 0 Å². The molecule has 0 atom stereocenters. The summed E-state index contributed by atoms with van der Waals surface area (Å²) in [6, 6.07) is 12.3. The van der Waals surface area contributed by atoms with Crippen LogP contribution in [0.4, 0.5) is 5.69 Å². The van der Waals surface area contributed by atoms with Gasteiger partial charge < -0.3 is 9.57 Å². The molecule has 24 heavy (non-hydrogen) atoms. The summed E-state index contributed by atoms with van der Waals surface area (Å²) in [5.74, 6) is 0.884. The molecule has 0 aromatic heterocycles. The Bertz CT molecular complexity index is 729. The van der Waals surface area contributed by atoms with Gasteiger partial charge in [0.15, 0.2) is 0 Å². The number of hydrogen-bond donors (Lipinski definition) is 0. The molecule has 0 saturated carbocycles. The lowest BCUT2D eigenvalue weighted by Crippen LogP contribution is -2.02. The van der Waals surface area contributed by atoms with E-state index in [1.807, 2.05) is 32.0 Å². The molecule has 0 N–H and O–H groups in total. The van der Waals surface area contributed by atoms with Crippen LogP contribution < -0.4 is 4.74 Å². The Hall–Kier alpha value is -2.89. The van der Waals surface area contributed by atoms with Crippen LogP contribution in [0.5, 0.6) is 5.75 Å². The number of hydrogen-bond acceptors (Lipinski definition) is 5. The molecule has 0 bridgehead atoms. The highest BCUT2D eigenvalue weighted by atomic mass is 16.6. The zero-order valence-corrected chi connectivity index (χ0v) is 13.8. The van der Waals surface area contributed by atoms with Crippen molar-refractivity contribution >= 4 is 11.9 Å². The Morgan fingerprint density at radius 1 is 1.17 bits per heavy atom. The average Bonchev–Trinajstić information content (AvgIpc) is 2.57. The first kappa shape index (κ1) is 17.5. The number of non-ortho nitro benzene ring substituents is 1. The number of nitrogens with zero attached hydrogens (tertiary/aromatic N) is 2. The molecule has 0 aliphatic carbocycles. The standard InChI is InChI=1S/C18H20N2O4/c1-14-7-8-15(2)18(11-14)23-9-4-10-24-19-13-16-5-3-6-17(12-16)20(21)22/h3,5-8,11-13H,4,9-10H2,1-2H3/b19-13+. The van der Waals surface area contributed by atoms with Crippen LogP contribution >= 0.6 is 0 Å². The summed E-state index contributed by atoms with van der Waals surface area (Å²) in [5, 5.41) is 14.5. The molecular weight excluding hydrogens is 308 g/mol. The van der Waals surface area contributed by atoms with Gasteiger partial charge in [-0.05, 0) is 31.0 Å². The normalized spacial score (nSPS) is 10.8. The molecule has 0 unspecified atom stereocenters. The summed E-state index contributed by atoms with van der Waals surface area (Å²) >= 11 is 0. The maximum Gasteiger partial charge on any atom is 0.270 e. The number of benzene rings is 2. The van der Waals surface area contributed by atoms with E-state index in [0.717, 1.165) is 16.9 Å². The highest BCUT2D eigenvalue weighted by molar-refractivity contribution is 5.80. The van der Waals surface area contributed by atoms with Crippen molar-refractivity contribution < 1.29 is 14.5 Å². The molecule has 126 valence electrons. The lowest BCUT2D eigenvalue weighted by atomic mass is 10.1. The molecule has 0 aliphatic heterocycles. The lowest BCUT2D eigenvalue weighted by Gasteiger charge is -2.09. The van der Waals surface area contributed by atoms with Gasteiger partial charge in [0, 0.05) is 24.1 Å². The van der Waals surface area contributed by atoms with E-state index in [9.17, 15) is 10.1 Å². The van der Waals surface area contributed by atoms with Gasteiger partial charge in [-0.15, -0.1) is 0 Å². The summed E-state index contributed by atoms with van der Waals surface area (Å²) in [6.45, 7) is 4.99. The van der Waals surface area contributed by atoms with Gasteiger partial charge in [-0.2, -0.15) is 0 Å². The number of nitro groups is 1. The smallest absolute Gasteiger partial charge is 0.270 e. The number of rotatable bonds is 8. The van der Waals surface area contributed by atoms with Gasteiger partial charge in [0.05, 0.1) is 17.7 Å². The van der Waals surface area contributed by atoms with E-state index in [0.29, 0.717) is 25.2 Å². The van der Waals surface area contributed by atoms with Crippen LogP contribution in [0, 0.1) is 24.0 Å². The van der Waals surface area contributed by atoms with Crippen molar-refractivity contribution in [1.82, 2.24) is 0 Å². The van der Waals surface area contributed by atoms with Gasteiger partial charge in [0.2, 0.25) is 0 Å². The van der Waals surface area contributed by atoms with Gasteiger partial charge in [-0.1, -0.05) is 29.4 Å². The van der Waals surface area contributed by atoms with Crippen LogP contribution in [-0.4, -0.2) is 24.4 Å². The zero-order chi connectivity index (χ0) is 17.4. The highest BCUT2D eigenvalue weighted by Gasteiger charge is 2.04. The van der Waals surface area contributed by atoms with E-state index in [1.54, 1.807) is 12.1 Å². The molecule has 0 amide bonds. The number of ether oxygens (including phenoxy) is 1. The molecule has 2 aromatic carbocycles. The minimum absolute atomic E-state index is 0.0286. The van der Waals surface area contributed by atoms with Crippen molar-refractivity contribution in [3.05, 3.63) is 69.3 Å². The lowest BCUT2D eigenvalue weighted by molar-refractivity contribution is -0.384. The molecule has 0 aliphatic rings. The van der Waals surface area contributed by atoms with Crippen LogP contribution in [0.1, 0.15) is 23.1 Å². The topological polar surface area (TPSA) is 74.0 Å². The molecular formula is C18H20N2O4. The molecule has 0 saturated heterocycles. The molecule has 2 aromatic rings. The fraction of sp³-hybridized carbons (Fsp3) is 0.278. The van der Waals surface area contributed by atoms with E-state index in [1.165, 1.54) is 18.3 Å². The third-order valence-corrected chi connectivity index (χ3v) is 3.34.